The molecule has 1 unspecified atom stereocenters. The summed E-state index contributed by atoms with van der Waals surface area (Å²) in [6.07, 6.45) is 4.69. The predicted molar refractivity (Wildman–Crippen MR) is 118 cm³/mol. The molecule has 0 aliphatic heterocycles. The van der Waals surface area contributed by atoms with Crippen LogP contribution >= 0.6 is 0 Å². The Labute approximate surface area is 179 Å². The Bertz CT molecular complexity index is 1280. The van der Waals surface area contributed by atoms with E-state index >= 15 is 0 Å². The lowest BCUT2D eigenvalue weighted by Crippen LogP contribution is -2.23. The maximum Gasteiger partial charge on any atom is 0.137 e. The Morgan fingerprint density at radius 1 is 0.968 bits per heavy atom. The Kier molecular flexibility index (Phi) is 5.16. The van der Waals surface area contributed by atoms with Gasteiger partial charge in [0, 0.05) is 23.3 Å². The number of H-pyrrole nitrogens is 1. The van der Waals surface area contributed by atoms with Gasteiger partial charge in [-0.15, -0.1) is 5.10 Å². The van der Waals surface area contributed by atoms with E-state index in [4.69, 9.17) is 4.74 Å². The normalized spacial score (nSPS) is 12.2. The number of aromatic amines is 1. The Morgan fingerprint density at radius 3 is 2.61 bits per heavy atom. The molecular weight excluding hydrogens is 390 g/mol. The zero-order valence-electron chi connectivity index (χ0n) is 16.7. The predicted octanol–water partition coefficient (Wildman–Crippen LogP) is 3.93. The van der Waals surface area contributed by atoms with E-state index in [0.29, 0.717) is 11.4 Å². The summed E-state index contributed by atoms with van der Waals surface area (Å²) in [5.41, 5.74) is 4.70. The second kappa shape index (κ2) is 8.41. The SMILES string of the molecule is OC(COc1ccc(-c2ccccc2)cc1)Cn1cc(-c2cnc3[nH]ccc3c2)nn1. The molecule has 5 rings (SSSR count). The van der Waals surface area contributed by atoms with E-state index in [-0.39, 0.29) is 13.2 Å². The van der Waals surface area contributed by atoms with E-state index in [1.54, 1.807) is 17.1 Å². The van der Waals surface area contributed by atoms with Gasteiger partial charge in [-0.2, -0.15) is 0 Å². The minimum absolute atomic E-state index is 0.163. The van der Waals surface area contributed by atoms with Gasteiger partial charge in [-0.25, -0.2) is 9.67 Å². The summed E-state index contributed by atoms with van der Waals surface area (Å²) in [7, 11) is 0. The summed E-state index contributed by atoms with van der Waals surface area (Å²) < 4.78 is 7.35. The van der Waals surface area contributed by atoms with Crippen LogP contribution in [0.3, 0.4) is 0 Å². The number of aliphatic hydroxyl groups excluding tert-OH is 1. The minimum atomic E-state index is -0.714. The van der Waals surface area contributed by atoms with Crippen LogP contribution in [0.1, 0.15) is 0 Å². The number of pyridine rings is 1. The molecule has 0 aliphatic rings. The summed E-state index contributed by atoms with van der Waals surface area (Å²) in [5, 5.41) is 19.7. The molecule has 7 nitrogen and oxygen atoms in total. The first-order chi connectivity index (χ1) is 15.2. The van der Waals surface area contributed by atoms with Gasteiger partial charge in [0.25, 0.3) is 0 Å². The lowest BCUT2D eigenvalue weighted by atomic mass is 10.1. The molecule has 1 atom stereocenters. The Hall–Kier alpha value is -3.97. The third kappa shape index (κ3) is 4.31. The van der Waals surface area contributed by atoms with E-state index in [1.807, 2.05) is 60.8 Å². The van der Waals surface area contributed by atoms with Gasteiger partial charge in [0.05, 0.1) is 12.7 Å². The number of aliphatic hydroxyl groups is 1. The van der Waals surface area contributed by atoms with Crippen molar-refractivity contribution in [3.63, 3.8) is 0 Å². The summed E-state index contributed by atoms with van der Waals surface area (Å²) in [5.74, 6) is 0.712. The first-order valence-corrected chi connectivity index (χ1v) is 10.0. The lowest BCUT2D eigenvalue weighted by Gasteiger charge is -2.12. The number of ether oxygens (including phenoxy) is 1. The summed E-state index contributed by atoms with van der Waals surface area (Å²) >= 11 is 0. The van der Waals surface area contributed by atoms with Crippen LogP contribution in [-0.2, 0) is 6.54 Å². The summed E-state index contributed by atoms with van der Waals surface area (Å²) in [6, 6.07) is 22.0. The van der Waals surface area contributed by atoms with Crippen molar-refractivity contribution in [1.82, 2.24) is 25.0 Å². The number of nitrogens with one attached hydrogen (secondary N) is 1. The van der Waals surface area contributed by atoms with Gasteiger partial charge >= 0.3 is 0 Å². The molecule has 7 heteroatoms. The van der Waals surface area contributed by atoms with Crippen LogP contribution in [0.5, 0.6) is 5.75 Å². The molecule has 0 saturated carbocycles. The molecule has 0 saturated heterocycles. The van der Waals surface area contributed by atoms with Gasteiger partial charge < -0.3 is 14.8 Å². The van der Waals surface area contributed by atoms with Crippen LogP contribution in [0.25, 0.3) is 33.4 Å². The number of aromatic nitrogens is 5. The minimum Gasteiger partial charge on any atom is -0.491 e. The van der Waals surface area contributed by atoms with Crippen LogP contribution in [0, 0.1) is 0 Å². The quantitative estimate of drug-likeness (QED) is 0.424. The molecule has 154 valence electrons. The van der Waals surface area contributed by atoms with E-state index in [9.17, 15) is 5.11 Å². The van der Waals surface area contributed by atoms with Crippen molar-refractivity contribution in [3.8, 4) is 28.1 Å². The number of hydrogen-bond donors (Lipinski definition) is 2. The molecular formula is C24H21N5O2. The second-order valence-corrected chi connectivity index (χ2v) is 7.32. The van der Waals surface area contributed by atoms with Gasteiger partial charge in [-0.3, -0.25) is 0 Å². The fourth-order valence-electron chi connectivity index (χ4n) is 3.44. The Morgan fingerprint density at radius 2 is 1.77 bits per heavy atom. The van der Waals surface area contributed by atoms with Crippen LogP contribution < -0.4 is 4.74 Å². The molecule has 3 aromatic heterocycles. The van der Waals surface area contributed by atoms with Crippen molar-refractivity contribution in [1.29, 1.82) is 0 Å². The molecule has 0 radical (unpaired) electrons. The second-order valence-electron chi connectivity index (χ2n) is 7.32. The van der Waals surface area contributed by atoms with Gasteiger partial charge in [0.1, 0.15) is 29.8 Å². The summed E-state index contributed by atoms with van der Waals surface area (Å²) in [6.45, 7) is 0.450. The third-order valence-corrected chi connectivity index (χ3v) is 5.04. The standard InChI is InChI=1S/C24H21N5O2/c30-21(16-31-22-8-6-18(7-9-22)17-4-2-1-3-5-17)14-29-15-23(27-28-29)20-12-19-10-11-25-24(19)26-13-20/h1-13,15,21,30H,14,16H2,(H,25,26). The van der Waals surface area contributed by atoms with Crippen molar-refractivity contribution in [2.24, 2.45) is 0 Å². The fraction of sp³-hybridized carbons (Fsp3) is 0.125. The largest absolute Gasteiger partial charge is 0.491 e. The Balaban J connectivity index is 1.18. The zero-order chi connectivity index (χ0) is 21.0. The monoisotopic (exact) mass is 411 g/mol. The van der Waals surface area contributed by atoms with Gasteiger partial charge in [-0.05, 0) is 35.4 Å². The molecule has 0 fully saturated rings. The number of fused-ring (bicyclic) bond motifs is 1. The average Bonchev–Trinajstić information content (AvgIpc) is 3.47. The highest BCUT2D eigenvalue weighted by Crippen LogP contribution is 2.22. The van der Waals surface area contributed by atoms with Crippen LogP contribution in [0.4, 0.5) is 0 Å². The molecule has 0 aliphatic carbocycles. The first kappa shape index (κ1) is 19.0. The molecule has 2 N–H and O–H groups in total. The highest BCUT2D eigenvalue weighted by Gasteiger charge is 2.11. The third-order valence-electron chi connectivity index (χ3n) is 5.04. The number of benzene rings is 2. The molecule has 3 heterocycles. The van der Waals surface area contributed by atoms with E-state index in [0.717, 1.165) is 27.7 Å². The van der Waals surface area contributed by atoms with Crippen molar-refractivity contribution in [2.45, 2.75) is 12.6 Å². The van der Waals surface area contributed by atoms with Gasteiger partial charge in [-0.1, -0.05) is 47.7 Å². The van der Waals surface area contributed by atoms with Crippen LogP contribution in [-0.4, -0.2) is 42.8 Å². The number of rotatable bonds is 7. The maximum absolute atomic E-state index is 10.4. The maximum atomic E-state index is 10.4. The first-order valence-electron chi connectivity index (χ1n) is 10.0. The molecule has 31 heavy (non-hydrogen) atoms. The van der Waals surface area contributed by atoms with E-state index < -0.39 is 6.10 Å². The molecule has 0 bridgehead atoms. The molecule has 5 aromatic rings. The topological polar surface area (TPSA) is 88.9 Å². The fourth-order valence-corrected chi connectivity index (χ4v) is 3.44. The zero-order valence-corrected chi connectivity index (χ0v) is 16.7. The molecule has 0 amide bonds. The van der Waals surface area contributed by atoms with Crippen molar-refractivity contribution in [2.75, 3.05) is 6.61 Å². The van der Waals surface area contributed by atoms with Crippen LogP contribution in [0.15, 0.2) is 85.3 Å². The van der Waals surface area contributed by atoms with Gasteiger partial charge in [0.2, 0.25) is 0 Å². The molecule has 0 spiro atoms. The van der Waals surface area contributed by atoms with Crippen LogP contribution in [0.2, 0.25) is 0 Å². The average molecular weight is 411 g/mol. The summed E-state index contributed by atoms with van der Waals surface area (Å²) in [4.78, 5) is 7.44. The van der Waals surface area contributed by atoms with E-state index in [1.165, 1.54) is 0 Å². The molecule has 2 aromatic carbocycles. The van der Waals surface area contributed by atoms with Gasteiger partial charge in [0.15, 0.2) is 0 Å². The number of nitrogens with zero attached hydrogens (tertiary/aromatic N) is 4. The lowest BCUT2D eigenvalue weighted by molar-refractivity contribution is 0.0888. The van der Waals surface area contributed by atoms with Crippen molar-refractivity contribution < 1.29 is 9.84 Å². The number of hydrogen-bond acceptors (Lipinski definition) is 5. The highest BCUT2D eigenvalue weighted by molar-refractivity contribution is 5.80. The van der Waals surface area contributed by atoms with Crippen molar-refractivity contribution in [3.05, 3.63) is 85.3 Å². The smallest absolute Gasteiger partial charge is 0.137 e. The van der Waals surface area contributed by atoms with E-state index in [2.05, 4.69) is 32.4 Å². The van der Waals surface area contributed by atoms with Crippen molar-refractivity contribution >= 4 is 11.0 Å². The highest BCUT2D eigenvalue weighted by atomic mass is 16.5.